The van der Waals surface area contributed by atoms with Crippen molar-refractivity contribution in [2.24, 2.45) is 0 Å². The van der Waals surface area contributed by atoms with Crippen LogP contribution in [-0.4, -0.2) is 22.5 Å². The van der Waals surface area contributed by atoms with E-state index in [0.717, 1.165) is 0 Å². The Hall–Kier alpha value is -2.71. The van der Waals surface area contributed by atoms with Gasteiger partial charge in [0.25, 0.3) is 11.6 Å². The Morgan fingerprint density at radius 1 is 1.17 bits per heavy atom. The van der Waals surface area contributed by atoms with Gasteiger partial charge in [0.15, 0.2) is 11.7 Å². The van der Waals surface area contributed by atoms with Gasteiger partial charge in [0.1, 0.15) is 5.75 Å². The molecular weight excluding hydrogens is 354 g/mol. The van der Waals surface area contributed by atoms with Crippen LogP contribution >= 0.6 is 23.8 Å². The smallest absolute Gasteiger partial charge is 0.269 e. The number of thiocarbonyl (C=S) groups is 1. The maximum absolute atomic E-state index is 11.7. The molecule has 2 aromatic carbocycles. The number of halogens is 1. The maximum atomic E-state index is 11.7. The number of nitro groups is 1. The molecule has 0 aliphatic carbocycles. The summed E-state index contributed by atoms with van der Waals surface area (Å²) in [6.45, 7) is -0.219. The lowest BCUT2D eigenvalue weighted by molar-refractivity contribution is -0.384. The molecule has 24 heavy (non-hydrogen) atoms. The number of nitro benzene ring substituents is 1. The van der Waals surface area contributed by atoms with E-state index < -0.39 is 10.8 Å². The van der Waals surface area contributed by atoms with Crippen molar-refractivity contribution in [3.05, 3.63) is 63.7 Å². The van der Waals surface area contributed by atoms with Gasteiger partial charge in [-0.15, -0.1) is 0 Å². The molecule has 0 aromatic heterocycles. The Labute approximate surface area is 147 Å². The van der Waals surface area contributed by atoms with Crippen LogP contribution in [0.15, 0.2) is 48.5 Å². The fourth-order valence-corrected chi connectivity index (χ4v) is 2.03. The molecule has 0 aliphatic rings. The van der Waals surface area contributed by atoms with Crippen molar-refractivity contribution in [3.63, 3.8) is 0 Å². The minimum atomic E-state index is -0.502. The molecule has 1 amide bonds. The summed E-state index contributed by atoms with van der Waals surface area (Å²) in [7, 11) is 0. The van der Waals surface area contributed by atoms with Gasteiger partial charge in [0.05, 0.1) is 4.92 Å². The van der Waals surface area contributed by atoms with E-state index in [0.29, 0.717) is 16.5 Å². The van der Waals surface area contributed by atoms with Crippen molar-refractivity contribution in [1.82, 2.24) is 5.32 Å². The summed E-state index contributed by atoms with van der Waals surface area (Å²) in [5.41, 5.74) is 0.483. The van der Waals surface area contributed by atoms with E-state index in [1.807, 2.05) is 0 Å². The van der Waals surface area contributed by atoms with E-state index in [2.05, 4.69) is 10.6 Å². The highest BCUT2D eigenvalue weighted by molar-refractivity contribution is 7.80. The number of carbonyl (C=O) groups excluding carboxylic acids is 1. The maximum Gasteiger partial charge on any atom is 0.269 e. The summed E-state index contributed by atoms with van der Waals surface area (Å²) in [6.07, 6.45) is 0. The van der Waals surface area contributed by atoms with Gasteiger partial charge >= 0.3 is 0 Å². The number of carbonyl (C=O) groups is 1. The number of anilines is 1. The molecule has 2 aromatic rings. The number of amides is 1. The van der Waals surface area contributed by atoms with E-state index >= 15 is 0 Å². The highest BCUT2D eigenvalue weighted by Gasteiger charge is 2.08. The van der Waals surface area contributed by atoms with Crippen molar-refractivity contribution in [3.8, 4) is 5.75 Å². The fraction of sp³-hybridized carbons (Fsp3) is 0.0667. The van der Waals surface area contributed by atoms with Gasteiger partial charge in [-0.1, -0.05) is 11.6 Å². The molecule has 0 aliphatic heterocycles. The number of nitrogens with one attached hydrogen (secondary N) is 2. The molecular formula is C15H12ClN3O4S. The van der Waals surface area contributed by atoms with Crippen molar-refractivity contribution in [2.45, 2.75) is 0 Å². The first kappa shape index (κ1) is 17.6. The zero-order chi connectivity index (χ0) is 17.5. The van der Waals surface area contributed by atoms with Crippen molar-refractivity contribution >= 4 is 46.2 Å². The molecule has 0 saturated carbocycles. The van der Waals surface area contributed by atoms with E-state index in [4.69, 9.17) is 28.6 Å². The molecule has 7 nitrogen and oxygen atoms in total. The van der Waals surface area contributed by atoms with E-state index in [9.17, 15) is 14.9 Å². The van der Waals surface area contributed by atoms with Gasteiger partial charge in [-0.3, -0.25) is 20.2 Å². The van der Waals surface area contributed by atoms with Crippen LogP contribution < -0.4 is 15.4 Å². The molecule has 0 spiro atoms. The Bertz CT molecular complexity index is 750. The Balaban J connectivity index is 1.79. The highest BCUT2D eigenvalue weighted by atomic mass is 35.5. The van der Waals surface area contributed by atoms with Crippen LogP contribution in [0.25, 0.3) is 0 Å². The quantitative estimate of drug-likeness (QED) is 0.480. The second kappa shape index (κ2) is 8.23. The molecule has 2 N–H and O–H groups in total. The second-order valence-electron chi connectivity index (χ2n) is 4.55. The van der Waals surface area contributed by atoms with Gasteiger partial charge in [-0.2, -0.15) is 0 Å². The lowest BCUT2D eigenvalue weighted by Gasteiger charge is -2.10. The minimum Gasteiger partial charge on any atom is -0.484 e. The zero-order valence-electron chi connectivity index (χ0n) is 12.2. The van der Waals surface area contributed by atoms with Gasteiger partial charge in [-0.25, -0.2) is 0 Å². The average Bonchev–Trinajstić information content (AvgIpc) is 2.54. The van der Waals surface area contributed by atoms with Gasteiger partial charge in [-0.05, 0) is 48.6 Å². The number of hydrogen-bond donors (Lipinski definition) is 2. The third kappa shape index (κ3) is 5.49. The summed E-state index contributed by atoms with van der Waals surface area (Å²) in [4.78, 5) is 21.8. The monoisotopic (exact) mass is 365 g/mol. The molecule has 0 saturated heterocycles. The van der Waals surface area contributed by atoms with Crippen LogP contribution in [0.2, 0.25) is 5.02 Å². The summed E-state index contributed by atoms with van der Waals surface area (Å²) in [6, 6.07) is 12.2. The summed E-state index contributed by atoms with van der Waals surface area (Å²) < 4.78 is 5.28. The molecule has 0 radical (unpaired) electrons. The standard InChI is InChI=1S/C15H12ClN3O4S/c16-10-1-7-13(8-2-10)23-9-14(20)18-15(24)17-11-3-5-12(6-4-11)19(21)22/h1-8H,9H2,(H2,17,18,20,24). The third-order valence-corrected chi connectivity index (χ3v) is 3.23. The van der Waals surface area contributed by atoms with Crippen molar-refractivity contribution < 1.29 is 14.5 Å². The van der Waals surface area contributed by atoms with Gasteiger partial charge in [0.2, 0.25) is 0 Å². The topological polar surface area (TPSA) is 93.5 Å². The number of benzene rings is 2. The van der Waals surface area contributed by atoms with Crippen LogP contribution in [0.1, 0.15) is 0 Å². The largest absolute Gasteiger partial charge is 0.484 e. The van der Waals surface area contributed by atoms with E-state index in [1.165, 1.54) is 24.3 Å². The molecule has 0 atom stereocenters. The number of non-ortho nitro benzene ring substituents is 1. The number of rotatable bonds is 5. The first-order valence-electron chi connectivity index (χ1n) is 6.68. The molecule has 9 heteroatoms. The zero-order valence-corrected chi connectivity index (χ0v) is 13.8. The Morgan fingerprint density at radius 2 is 1.79 bits per heavy atom. The minimum absolute atomic E-state index is 0.0353. The van der Waals surface area contributed by atoms with Crippen LogP contribution in [0, 0.1) is 10.1 Å². The van der Waals surface area contributed by atoms with Crippen molar-refractivity contribution in [2.75, 3.05) is 11.9 Å². The van der Waals surface area contributed by atoms with Gasteiger partial charge in [0, 0.05) is 22.8 Å². The molecule has 0 unspecified atom stereocenters. The first-order chi connectivity index (χ1) is 11.4. The second-order valence-corrected chi connectivity index (χ2v) is 5.39. The summed E-state index contributed by atoms with van der Waals surface area (Å²) in [5.74, 6) is 0.0631. The van der Waals surface area contributed by atoms with Crippen LogP contribution in [0.4, 0.5) is 11.4 Å². The molecule has 0 heterocycles. The summed E-state index contributed by atoms with van der Waals surface area (Å²) >= 11 is 10.7. The van der Waals surface area contributed by atoms with Crippen LogP contribution in [0.3, 0.4) is 0 Å². The molecule has 124 valence electrons. The normalized spacial score (nSPS) is 9.88. The fourth-order valence-electron chi connectivity index (χ4n) is 1.67. The number of hydrogen-bond acceptors (Lipinski definition) is 5. The lowest BCUT2D eigenvalue weighted by atomic mass is 10.3. The van der Waals surface area contributed by atoms with Crippen LogP contribution in [0.5, 0.6) is 5.75 Å². The SMILES string of the molecule is O=C(COc1ccc(Cl)cc1)NC(=S)Nc1ccc([N+](=O)[O-])cc1. The third-order valence-electron chi connectivity index (χ3n) is 2.77. The van der Waals surface area contributed by atoms with E-state index in [-0.39, 0.29) is 17.4 Å². The predicted molar refractivity (Wildman–Crippen MR) is 94.4 cm³/mol. The van der Waals surface area contributed by atoms with Crippen LogP contribution in [-0.2, 0) is 4.79 Å². The molecule has 0 bridgehead atoms. The summed E-state index contributed by atoms with van der Waals surface area (Å²) in [5, 5.41) is 16.4. The Kier molecular flexibility index (Phi) is 6.05. The molecule has 0 fully saturated rings. The van der Waals surface area contributed by atoms with Gasteiger partial charge < -0.3 is 10.1 Å². The predicted octanol–water partition coefficient (Wildman–Crippen LogP) is 3.14. The molecule has 2 rings (SSSR count). The number of ether oxygens (including phenoxy) is 1. The number of nitrogens with zero attached hydrogens (tertiary/aromatic N) is 1. The van der Waals surface area contributed by atoms with E-state index in [1.54, 1.807) is 24.3 Å². The van der Waals surface area contributed by atoms with Crippen molar-refractivity contribution in [1.29, 1.82) is 0 Å². The lowest BCUT2D eigenvalue weighted by Crippen LogP contribution is -2.37. The first-order valence-corrected chi connectivity index (χ1v) is 7.46. The Morgan fingerprint density at radius 3 is 2.38 bits per heavy atom. The average molecular weight is 366 g/mol. The highest BCUT2D eigenvalue weighted by Crippen LogP contribution is 2.16.